The lowest BCUT2D eigenvalue weighted by molar-refractivity contribution is 0.102. The number of anilines is 1. The van der Waals surface area contributed by atoms with Gasteiger partial charge in [-0.2, -0.15) is 0 Å². The van der Waals surface area contributed by atoms with Gasteiger partial charge in [-0.15, -0.1) is 0 Å². The highest BCUT2D eigenvalue weighted by Crippen LogP contribution is 2.27. The van der Waals surface area contributed by atoms with Crippen LogP contribution < -0.4 is 5.32 Å². The van der Waals surface area contributed by atoms with E-state index in [4.69, 9.17) is 0 Å². The predicted molar refractivity (Wildman–Crippen MR) is 96.1 cm³/mol. The SMILES string of the molecule is Cn1cncc1-c1cnc2cnc(NC(=O)c3ccccc3)cc2c1F. The van der Waals surface area contributed by atoms with E-state index in [1.54, 1.807) is 48.4 Å². The number of aryl methyl sites for hydroxylation is 1. The van der Waals surface area contributed by atoms with Crippen molar-refractivity contribution < 1.29 is 9.18 Å². The van der Waals surface area contributed by atoms with Crippen LogP contribution in [0, 0.1) is 5.82 Å². The Kier molecular flexibility index (Phi) is 3.89. The average molecular weight is 347 g/mol. The molecule has 0 saturated carbocycles. The molecule has 128 valence electrons. The molecule has 4 aromatic rings. The number of hydrogen-bond acceptors (Lipinski definition) is 4. The van der Waals surface area contributed by atoms with E-state index in [0.717, 1.165) is 0 Å². The summed E-state index contributed by atoms with van der Waals surface area (Å²) in [5.74, 6) is -0.487. The third kappa shape index (κ3) is 2.79. The highest BCUT2D eigenvalue weighted by molar-refractivity contribution is 6.04. The molecule has 1 aromatic carbocycles. The van der Waals surface area contributed by atoms with Crippen molar-refractivity contribution in [2.45, 2.75) is 0 Å². The molecule has 0 aliphatic heterocycles. The molecule has 1 N–H and O–H groups in total. The molecule has 6 nitrogen and oxygen atoms in total. The number of imidazole rings is 1. The summed E-state index contributed by atoms with van der Waals surface area (Å²) in [6, 6.07) is 10.2. The third-order valence-corrected chi connectivity index (χ3v) is 4.06. The minimum atomic E-state index is -0.434. The fraction of sp³-hybridized carbons (Fsp3) is 0.0526. The molecule has 0 atom stereocenters. The first kappa shape index (κ1) is 15.9. The summed E-state index contributed by atoms with van der Waals surface area (Å²) in [6.45, 7) is 0. The lowest BCUT2D eigenvalue weighted by Gasteiger charge is -2.09. The quantitative estimate of drug-likeness (QED) is 0.616. The third-order valence-electron chi connectivity index (χ3n) is 4.06. The number of benzene rings is 1. The molecule has 0 bridgehead atoms. The van der Waals surface area contributed by atoms with Crippen LogP contribution in [0.15, 0.2) is 61.3 Å². The minimum Gasteiger partial charge on any atom is -0.334 e. The molecular weight excluding hydrogens is 333 g/mol. The zero-order valence-electron chi connectivity index (χ0n) is 13.8. The van der Waals surface area contributed by atoms with Gasteiger partial charge in [0.05, 0.1) is 35.5 Å². The summed E-state index contributed by atoms with van der Waals surface area (Å²) in [7, 11) is 1.78. The van der Waals surface area contributed by atoms with Crippen molar-refractivity contribution in [3.63, 3.8) is 0 Å². The van der Waals surface area contributed by atoms with E-state index >= 15 is 4.39 Å². The molecule has 0 unspecified atom stereocenters. The molecule has 3 aromatic heterocycles. The van der Waals surface area contributed by atoms with Crippen molar-refractivity contribution in [1.82, 2.24) is 19.5 Å². The largest absolute Gasteiger partial charge is 0.334 e. The van der Waals surface area contributed by atoms with E-state index < -0.39 is 5.82 Å². The minimum absolute atomic E-state index is 0.259. The van der Waals surface area contributed by atoms with E-state index in [0.29, 0.717) is 22.3 Å². The monoisotopic (exact) mass is 347 g/mol. The van der Waals surface area contributed by atoms with Gasteiger partial charge in [0.1, 0.15) is 11.6 Å². The maximum absolute atomic E-state index is 15.0. The Bertz CT molecular complexity index is 1110. The second kappa shape index (κ2) is 6.36. The van der Waals surface area contributed by atoms with Crippen LogP contribution in [0.5, 0.6) is 0 Å². The molecule has 4 rings (SSSR count). The van der Waals surface area contributed by atoms with Crippen LogP contribution in [0.25, 0.3) is 22.2 Å². The van der Waals surface area contributed by atoms with E-state index in [1.807, 2.05) is 6.07 Å². The summed E-state index contributed by atoms with van der Waals surface area (Å²) in [5.41, 5.74) is 1.86. The van der Waals surface area contributed by atoms with Crippen molar-refractivity contribution in [2.75, 3.05) is 5.32 Å². The van der Waals surface area contributed by atoms with Gasteiger partial charge in [-0.1, -0.05) is 18.2 Å². The van der Waals surface area contributed by atoms with Gasteiger partial charge in [-0.05, 0) is 18.2 Å². The Morgan fingerprint density at radius 1 is 1.12 bits per heavy atom. The maximum Gasteiger partial charge on any atom is 0.256 e. The molecular formula is C19H14FN5O. The first-order valence-corrected chi connectivity index (χ1v) is 7.91. The van der Waals surface area contributed by atoms with Gasteiger partial charge in [0.15, 0.2) is 0 Å². The summed E-state index contributed by atoms with van der Waals surface area (Å²) >= 11 is 0. The lowest BCUT2D eigenvalue weighted by Crippen LogP contribution is -2.12. The van der Waals surface area contributed by atoms with E-state index in [9.17, 15) is 4.79 Å². The Morgan fingerprint density at radius 2 is 1.92 bits per heavy atom. The first-order chi connectivity index (χ1) is 12.6. The van der Waals surface area contributed by atoms with Gasteiger partial charge >= 0.3 is 0 Å². The van der Waals surface area contributed by atoms with Crippen LogP contribution in [0.4, 0.5) is 10.2 Å². The van der Waals surface area contributed by atoms with E-state index in [-0.39, 0.29) is 17.1 Å². The molecule has 0 radical (unpaired) electrons. The van der Waals surface area contributed by atoms with Gasteiger partial charge in [0.25, 0.3) is 5.91 Å². The highest BCUT2D eigenvalue weighted by Gasteiger charge is 2.15. The van der Waals surface area contributed by atoms with Crippen molar-refractivity contribution in [3.05, 3.63) is 72.7 Å². The normalized spacial score (nSPS) is 10.8. The van der Waals surface area contributed by atoms with E-state index in [1.165, 1.54) is 18.5 Å². The summed E-state index contributed by atoms with van der Waals surface area (Å²) in [4.78, 5) is 24.7. The smallest absolute Gasteiger partial charge is 0.256 e. The summed E-state index contributed by atoms with van der Waals surface area (Å²) in [5, 5.41) is 2.96. The molecule has 7 heteroatoms. The van der Waals surface area contributed by atoms with Crippen molar-refractivity contribution >= 4 is 22.6 Å². The van der Waals surface area contributed by atoms with Crippen LogP contribution in [0.1, 0.15) is 10.4 Å². The number of hydrogen-bond donors (Lipinski definition) is 1. The fourth-order valence-electron chi connectivity index (χ4n) is 2.70. The Labute approximate surface area is 148 Å². The predicted octanol–water partition coefficient (Wildman–Crippen LogP) is 3.42. The first-order valence-electron chi connectivity index (χ1n) is 7.91. The molecule has 26 heavy (non-hydrogen) atoms. The van der Waals surface area contributed by atoms with Gasteiger partial charge in [-0.25, -0.2) is 14.4 Å². The number of carbonyl (C=O) groups excluding carboxylic acids is 1. The van der Waals surface area contributed by atoms with Crippen LogP contribution in [0.2, 0.25) is 0 Å². The van der Waals surface area contributed by atoms with Crippen LogP contribution in [0.3, 0.4) is 0 Å². The van der Waals surface area contributed by atoms with Crippen molar-refractivity contribution in [2.24, 2.45) is 7.05 Å². The molecule has 1 amide bonds. The number of pyridine rings is 2. The average Bonchev–Trinajstić information content (AvgIpc) is 3.09. The molecule has 0 aliphatic carbocycles. The number of nitrogens with one attached hydrogen (secondary N) is 1. The maximum atomic E-state index is 15.0. The molecule has 0 spiro atoms. The Balaban J connectivity index is 1.73. The van der Waals surface area contributed by atoms with Crippen molar-refractivity contribution in [1.29, 1.82) is 0 Å². The standard InChI is InChI=1S/C19H14FN5O/c1-25-11-21-10-16(25)14-8-22-15-9-23-17(7-13(15)18(14)20)24-19(26)12-5-3-2-4-6-12/h2-11H,1H3,(H,23,24,26). The lowest BCUT2D eigenvalue weighted by atomic mass is 10.1. The number of aromatic nitrogens is 4. The molecule has 0 fully saturated rings. The fourth-order valence-corrected chi connectivity index (χ4v) is 2.70. The second-order valence-corrected chi connectivity index (χ2v) is 5.78. The number of amides is 1. The van der Waals surface area contributed by atoms with Crippen LogP contribution in [-0.2, 0) is 7.05 Å². The second-order valence-electron chi connectivity index (χ2n) is 5.78. The number of carbonyl (C=O) groups is 1. The Hall–Kier alpha value is -3.61. The number of rotatable bonds is 3. The number of halogens is 1. The topological polar surface area (TPSA) is 72.7 Å². The van der Waals surface area contributed by atoms with Gasteiger partial charge < -0.3 is 9.88 Å². The summed E-state index contributed by atoms with van der Waals surface area (Å²) in [6.07, 6.45) is 6.06. The van der Waals surface area contributed by atoms with E-state index in [2.05, 4.69) is 20.3 Å². The number of nitrogens with zero attached hydrogens (tertiary/aromatic N) is 4. The van der Waals surface area contributed by atoms with Crippen molar-refractivity contribution in [3.8, 4) is 11.3 Å². The van der Waals surface area contributed by atoms with Gasteiger partial charge in [0, 0.05) is 24.2 Å². The van der Waals surface area contributed by atoms with Crippen LogP contribution in [-0.4, -0.2) is 25.4 Å². The molecule has 3 heterocycles. The Morgan fingerprint density at radius 3 is 2.65 bits per heavy atom. The van der Waals surface area contributed by atoms with Crippen LogP contribution >= 0.6 is 0 Å². The molecule has 0 saturated heterocycles. The van der Waals surface area contributed by atoms with Gasteiger partial charge in [-0.3, -0.25) is 9.78 Å². The summed E-state index contributed by atoms with van der Waals surface area (Å²) < 4.78 is 16.7. The van der Waals surface area contributed by atoms with Gasteiger partial charge in [0.2, 0.25) is 0 Å². The zero-order chi connectivity index (χ0) is 18.1. The zero-order valence-corrected chi connectivity index (χ0v) is 13.8. The number of fused-ring (bicyclic) bond motifs is 1. The highest BCUT2D eigenvalue weighted by atomic mass is 19.1. The molecule has 0 aliphatic rings.